The second-order valence-corrected chi connectivity index (χ2v) is 7.44. The van der Waals surface area contributed by atoms with Gasteiger partial charge < -0.3 is 10.2 Å². The van der Waals surface area contributed by atoms with Crippen molar-refractivity contribution in [3.63, 3.8) is 0 Å². The number of rotatable bonds is 4. The lowest BCUT2D eigenvalue weighted by molar-refractivity contribution is -0.133. The fourth-order valence-corrected chi connectivity index (χ4v) is 4.12. The number of benzene rings is 1. The fourth-order valence-electron chi connectivity index (χ4n) is 4.12. The number of amides is 2. The van der Waals surface area contributed by atoms with Crippen LogP contribution in [0.1, 0.15) is 60.6 Å². The summed E-state index contributed by atoms with van der Waals surface area (Å²) in [6.07, 6.45) is 6.55. The lowest BCUT2D eigenvalue weighted by atomic mass is 9.98. The molecule has 128 valence electrons. The molecule has 2 aliphatic carbocycles. The van der Waals surface area contributed by atoms with Crippen LogP contribution in [-0.2, 0) is 4.79 Å². The van der Waals surface area contributed by atoms with E-state index in [1.807, 2.05) is 24.3 Å². The highest BCUT2D eigenvalue weighted by molar-refractivity contribution is 5.94. The molecule has 2 N–H and O–H groups in total. The monoisotopic (exact) mass is 327 g/mol. The molecule has 5 nitrogen and oxygen atoms in total. The van der Waals surface area contributed by atoms with E-state index in [-0.39, 0.29) is 23.5 Å². The molecule has 0 radical (unpaired) electrons. The van der Waals surface area contributed by atoms with Gasteiger partial charge in [-0.2, -0.15) is 0 Å². The van der Waals surface area contributed by atoms with Crippen molar-refractivity contribution in [1.29, 1.82) is 0 Å². The Labute approximate surface area is 142 Å². The van der Waals surface area contributed by atoms with Crippen LogP contribution in [0, 0.1) is 5.92 Å². The predicted octanol–water partition coefficient (Wildman–Crippen LogP) is 2.20. The van der Waals surface area contributed by atoms with E-state index in [9.17, 15) is 9.59 Å². The molecule has 1 spiro atoms. The van der Waals surface area contributed by atoms with Crippen LogP contribution in [0.5, 0.6) is 0 Å². The van der Waals surface area contributed by atoms with Crippen LogP contribution >= 0.6 is 0 Å². The Kier molecular flexibility index (Phi) is 3.83. The highest BCUT2D eigenvalue weighted by atomic mass is 16.2. The fraction of sp³-hybridized carbons (Fsp3) is 0.579. The van der Waals surface area contributed by atoms with Gasteiger partial charge in [0.1, 0.15) is 6.17 Å². The van der Waals surface area contributed by atoms with E-state index in [4.69, 9.17) is 0 Å². The van der Waals surface area contributed by atoms with Crippen LogP contribution < -0.4 is 10.6 Å². The number of nitrogens with one attached hydrogen (secondary N) is 2. The highest BCUT2D eigenvalue weighted by Gasteiger charge is 2.53. The van der Waals surface area contributed by atoms with Crippen molar-refractivity contribution < 1.29 is 9.59 Å². The summed E-state index contributed by atoms with van der Waals surface area (Å²) in [5.41, 5.74) is 1.37. The molecule has 1 heterocycles. The van der Waals surface area contributed by atoms with Crippen molar-refractivity contribution in [3.05, 3.63) is 35.4 Å². The molecule has 0 aromatic heterocycles. The molecule has 2 amide bonds. The first kappa shape index (κ1) is 15.6. The molecule has 0 bridgehead atoms. The third-order valence-corrected chi connectivity index (χ3v) is 5.72. The molecular weight excluding hydrogens is 302 g/mol. The van der Waals surface area contributed by atoms with Gasteiger partial charge in [0, 0.05) is 19.2 Å². The molecule has 3 fully saturated rings. The second kappa shape index (κ2) is 5.88. The number of carbonyl (C=O) groups excluding carboxylic acids is 2. The number of hydrogen-bond donors (Lipinski definition) is 2. The van der Waals surface area contributed by atoms with E-state index in [0.29, 0.717) is 11.5 Å². The first-order valence-electron chi connectivity index (χ1n) is 9.04. The van der Waals surface area contributed by atoms with Gasteiger partial charge in [-0.3, -0.25) is 14.9 Å². The lowest BCUT2D eigenvalue weighted by Crippen LogP contribution is -2.44. The van der Waals surface area contributed by atoms with E-state index in [0.717, 1.165) is 37.8 Å². The lowest BCUT2D eigenvalue weighted by Gasteiger charge is -2.24. The SMILES string of the molecule is CNC(=O)c1ccc([C@H]2NC3(CCCC3)C(=O)N2CC2CC2)cc1. The van der Waals surface area contributed by atoms with Crippen LogP contribution in [0.15, 0.2) is 24.3 Å². The van der Waals surface area contributed by atoms with Crippen molar-refractivity contribution >= 4 is 11.8 Å². The molecule has 1 atom stereocenters. The number of carbonyl (C=O) groups is 2. The molecule has 1 aromatic carbocycles. The molecule has 1 aromatic rings. The first-order valence-corrected chi connectivity index (χ1v) is 9.04. The molecule has 1 saturated heterocycles. The summed E-state index contributed by atoms with van der Waals surface area (Å²) in [6.45, 7) is 0.857. The summed E-state index contributed by atoms with van der Waals surface area (Å²) in [5.74, 6) is 0.867. The molecule has 2 saturated carbocycles. The topological polar surface area (TPSA) is 61.4 Å². The normalized spacial score (nSPS) is 25.5. The average Bonchev–Trinajstić information content (AvgIpc) is 3.24. The van der Waals surface area contributed by atoms with Crippen molar-refractivity contribution in [1.82, 2.24) is 15.5 Å². The van der Waals surface area contributed by atoms with Crippen molar-refractivity contribution in [2.75, 3.05) is 13.6 Å². The van der Waals surface area contributed by atoms with Gasteiger partial charge in [-0.1, -0.05) is 25.0 Å². The second-order valence-electron chi connectivity index (χ2n) is 7.44. The summed E-state index contributed by atoms with van der Waals surface area (Å²) in [7, 11) is 1.63. The predicted molar refractivity (Wildman–Crippen MR) is 91.3 cm³/mol. The molecule has 5 heteroatoms. The van der Waals surface area contributed by atoms with Crippen molar-refractivity contribution in [3.8, 4) is 0 Å². The smallest absolute Gasteiger partial charge is 0.251 e. The zero-order valence-corrected chi connectivity index (χ0v) is 14.2. The van der Waals surface area contributed by atoms with Gasteiger partial charge in [-0.25, -0.2) is 0 Å². The van der Waals surface area contributed by atoms with Crippen LogP contribution in [0.3, 0.4) is 0 Å². The van der Waals surface area contributed by atoms with Crippen molar-refractivity contribution in [2.24, 2.45) is 5.92 Å². The Hall–Kier alpha value is -1.88. The minimum absolute atomic E-state index is 0.0602. The van der Waals surface area contributed by atoms with Gasteiger partial charge in [-0.15, -0.1) is 0 Å². The van der Waals surface area contributed by atoms with Gasteiger partial charge in [0.2, 0.25) is 5.91 Å². The quantitative estimate of drug-likeness (QED) is 0.891. The van der Waals surface area contributed by atoms with Gasteiger partial charge in [0.05, 0.1) is 5.54 Å². The average molecular weight is 327 g/mol. The maximum Gasteiger partial charge on any atom is 0.251 e. The minimum atomic E-state index is -0.348. The van der Waals surface area contributed by atoms with Gasteiger partial charge in [0.25, 0.3) is 5.91 Å². The van der Waals surface area contributed by atoms with E-state index in [1.54, 1.807) is 7.05 Å². The van der Waals surface area contributed by atoms with E-state index >= 15 is 0 Å². The van der Waals surface area contributed by atoms with Gasteiger partial charge in [-0.05, 0) is 49.3 Å². The standard InChI is InChI=1S/C19H25N3O2/c1-20-17(23)15-8-6-14(7-9-15)16-21-19(10-2-3-11-19)18(24)22(16)12-13-4-5-13/h6-9,13,16,21H,2-5,10-12H2,1H3,(H,20,23)/t16-/m0/s1. The molecule has 3 aliphatic rings. The maximum absolute atomic E-state index is 13.1. The van der Waals surface area contributed by atoms with Crippen LogP contribution in [0.2, 0.25) is 0 Å². The Morgan fingerprint density at radius 1 is 1.25 bits per heavy atom. The molecule has 0 unspecified atom stereocenters. The minimum Gasteiger partial charge on any atom is -0.355 e. The van der Waals surface area contributed by atoms with E-state index in [2.05, 4.69) is 15.5 Å². The summed E-state index contributed by atoms with van der Waals surface area (Å²) in [6, 6.07) is 7.64. The molecular formula is C19H25N3O2. The largest absolute Gasteiger partial charge is 0.355 e. The van der Waals surface area contributed by atoms with Gasteiger partial charge >= 0.3 is 0 Å². The van der Waals surface area contributed by atoms with Crippen LogP contribution in [0.4, 0.5) is 0 Å². The molecule has 1 aliphatic heterocycles. The van der Waals surface area contributed by atoms with E-state index in [1.165, 1.54) is 12.8 Å². The first-order chi connectivity index (χ1) is 11.6. The summed E-state index contributed by atoms with van der Waals surface area (Å²) in [4.78, 5) is 26.9. The van der Waals surface area contributed by atoms with Crippen molar-refractivity contribution in [2.45, 2.75) is 50.2 Å². The Balaban J connectivity index is 1.61. The number of nitrogens with zero attached hydrogens (tertiary/aromatic N) is 1. The summed E-state index contributed by atoms with van der Waals surface area (Å²) < 4.78 is 0. The third-order valence-electron chi connectivity index (χ3n) is 5.72. The Bertz CT molecular complexity index is 645. The van der Waals surface area contributed by atoms with Crippen LogP contribution in [-0.4, -0.2) is 35.8 Å². The van der Waals surface area contributed by atoms with E-state index < -0.39 is 0 Å². The summed E-state index contributed by atoms with van der Waals surface area (Å²) >= 11 is 0. The van der Waals surface area contributed by atoms with Crippen LogP contribution in [0.25, 0.3) is 0 Å². The highest BCUT2D eigenvalue weighted by Crippen LogP contribution is 2.43. The molecule has 4 rings (SSSR count). The summed E-state index contributed by atoms with van der Waals surface area (Å²) in [5, 5.41) is 6.30. The van der Waals surface area contributed by atoms with Gasteiger partial charge in [0.15, 0.2) is 0 Å². The Morgan fingerprint density at radius 2 is 1.92 bits per heavy atom. The Morgan fingerprint density at radius 3 is 2.50 bits per heavy atom. The zero-order chi connectivity index (χ0) is 16.7. The third kappa shape index (κ3) is 2.61. The zero-order valence-electron chi connectivity index (χ0n) is 14.2. The number of hydrogen-bond acceptors (Lipinski definition) is 3. The maximum atomic E-state index is 13.1. The molecule has 24 heavy (non-hydrogen) atoms.